The second-order valence-electron chi connectivity index (χ2n) is 4.35. The fraction of sp³-hybridized carbons (Fsp3) is 0.538. The summed E-state index contributed by atoms with van der Waals surface area (Å²) in [5.74, 6) is -0.512. The Balaban J connectivity index is 2.85. The molecule has 3 N–H and O–H groups in total. The first-order valence-electron chi connectivity index (χ1n) is 6.11. The molecule has 0 aliphatic carbocycles. The van der Waals surface area contributed by atoms with E-state index in [4.69, 9.17) is 5.73 Å². The Bertz CT molecular complexity index is 396. The van der Waals surface area contributed by atoms with Crippen LogP contribution in [-0.4, -0.2) is 18.0 Å². The maximum atomic E-state index is 12.1. The molecule has 2 atom stereocenters. The molecular formula is C13H18F3NO2. The summed E-state index contributed by atoms with van der Waals surface area (Å²) in [6, 6.07) is 5.36. The molecule has 0 bridgehead atoms. The molecule has 0 aromatic heterocycles. The number of ether oxygens (including phenoxy) is 1. The SMILES string of the molecule is CCCC(CN)C(O)c1cccc(OC(F)(F)F)c1. The molecule has 0 amide bonds. The van der Waals surface area contributed by atoms with E-state index in [-0.39, 0.29) is 18.2 Å². The minimum Gasteiger partial charge on any atom is -0.406 e. The third-order valence-corrected chi connectivity index (χ3v) is 2.84. The van der Waals surface area contributed by atoms with Gasteiger partial charge in [-0.15, -0.1) is 13.2 Å². The molecular weight excluding hydrogens is 259 g/mol. The molecule has 1 aromatic carbocycles. The van der Waals surface area contributed by atoms with Crippen LogP contribution in [0.5, 0.6) is 5.75 Å². The largest absolute Gasteiger partial charge is 0.573 e. The van der Waals surface area contributed by atoms with Crippen molar-refractivity contribution in [1.29, 1.82) is 0 Å². The zero-order chi connectivity index (χ0) is 14.5. The number of nitrogens with two attached hydrogens (primary N) is 1. The van der Waals surface area contributed by atoms with E-state index in [1.54, 1.807) is 6.07 Å². The van der Waals surface area contributed by atoms with Crippen molar-refractivity contribution in [2.75, 3.05) is 6.54 Å². The second kappa shape index (κ2) is 6.77. The van der Waals surface area contributed by atoms with Crippen LogP contribution < -0.4 is 10.5 Å². The van der Waals surface area contributed by atoms with Gasteiger partial charge in [-0.1, -0.05) is 25.5 Å². The molecule has 0 saturated heterocycles. The number of halogens is 3. The first kappa shape index (κ1) is 15.8. The highest BCUT2D eigenvalue weighted by Crippen LogP contribution is 2.29. The van der Waals surface area contributed by atoms with Crippen LogP contribution in [0.15, 0.2) is 24.3 Å². The van der Waals surface area contributed by atoms with Crippen molar-refractivity contribution in [3.63, 3.8) is 0 Å². The van der Waals surface area contributed by atoms with Crippen molar-refractivity contribution in [1.82, 2.24) is 0 Å². The van der Waals surface area contributed by atoms with Crippen molar-refractivity contribution >= 4 is 0 Å². The van der Waals surface area contributed by atoms with Crippen LogP contribution in [0.3, 0.4) is 0 Å². The molecule has 0 heterocycles. The summed E-state index contributed by atoms with van der Waals surface area (Å²) in [6.07, 6.45) is -4.07. The van der Waals surface area contributed by atoms with Crippen molar-refractivity contribution in [3.05, 3.63) is 29.8 Å². The average molecular weight is 277 g/mol. The van der Waals surface area contributed by atoms with E-state index in [0.29, 0.717) is 12.0 Å². The highest BCUT2D eigenvalue weighted by atomic mass is 19.4. The minimum atomic E-state index is -4.74. The summed E-state index contributed by atoms with van der Waals surface area (Å²) in [6.45, 7) is 2.23. The van der Waals surface area contributed by atoms with Crippen molar-refractivity contribution < 1.29 is 23.0 Å². The van der Waals surface area contributed by atoms with Crippen LogP contribution in [-0.2, 0) is 0 Å². The fourth-order valence-electron chi connectivity index (χ4n) is 1.94. The van der Waals surface area contributed by atoms with E-state index in [1.807, 2.05) is 6.92 Å². The molecule has 108 valence electrons. The van der Waals surface area contributed by atoms with E-state index in [0.717, 1.165) is 6.42 Å². The van der Waals surface area contributed by atoms with E-state index < -0.39 is 12.5 Å². The van der Waals surface area contributed by atoms with Gasteiger partial charge in [-0.2, -0.15) is 0 Å². The minimum absolute atomic E-state index is 0.175. The highest BCUT2D eigenvalue weighted by molar-refractivity contribution is 5.30. The monoisotopic (exact) mass is 277 g/mol. The predicted octanol–water partition coefficient (Wildman–Crippen LogP) is 2.99. The molecule has 0 aliphatic rings. The van der Waals surface area contributed by atoms with Gasteiger partial charge in [0.15, 0.2) is 0 Å². The fourth-order valence-corrected chi connectivity index (χ4v) is 1.94. The van der Waals surface area contributed by atoms with Gasteiger partial charge >= 0.3 is 6.36 Å². The molecule has 2 unspecified atom stereocenters. The Morgan fingerprint density at radius 1 is 1.37 bits per heavy atom. The Morgan fingerprint density at radius 3 is 2.58 bits per heavy atom. The number of hydrogen-bond donors (Lipinski definition) is 2. The van der Waals surface area contributed by atoms with Crippen molar-refractivity contribution in [2.45, 2.75) is 32.2 Å². The summed E-state index contributed by atoms with van der Waals surface area (Å²) in [5, 5.41) is 10.1. The number of rotatable bonds is 6. The van der Waals surface area contributed by atoms with Crippen molar-refractivity contribution in [2.24, 2.45) is 11.7 Å². The Morgan fingerprint density at radius 2 is 2.05 bits per heavy atom. The van der Waals surface area contributed by atoms with Crippen LogP contribution in [0.4, 0.5) is 13.2 Å². The van der Waals surface area contributed by atoms with Crippen LogP contribution in [0.2, 0.25) is 0 Å². The zero-order valence-electron chi connectivity index (χ0n) is 10.7. The van der Waals surface area contributed by atoms with E-state index in [2.05, 4.69) is 4.74 Å². The van der Waals surface area contributed by atoms with Crippen LogP contribution in [0.1, 0.15) is 31.4 Å². The third-order valence-electron chi connectivity index (χ3n) is 2.84. The lowest BCUT2D eigenvalue weighted by atomic mass is 9.92. The summed E-state index contributed by atoms with van der Waals surface area (Å²) >= 11 is 0. The van der Waals surface area contributed by atoms with Crippen LogP contribution in [0, 0.1) is 5.92 Å². The van der Waals surface area contributed by atoms with Gasteiger partial charge in [0.25, 0.3) is 0 Å². The van der Waals surface area contributed by atoms with Gasteiger partial charge in [0, 0.05) is 5.92 Å². The van der Waals surface area contributed by atoms with Crippen LogP contribution in [0.25, 0.3) is 0 Å². The average Bonchev–Trinajstić information content (AvgIpc) is 2.33. The standard InChI is InChI=1S/C13H18F3NO2/c1-2-4-10(8-17)12(18)9-5-3-6-11(7-9)19-13(14,15)16/h3,5-7,10,12,18H,2,4,8,17H2,1H3. The summed E-state index contributed by atoms with van der Waals surface area (Å²) in [7, 11) is 0. The number of aliphatic hydroxyl groups is 1. The molecule has 3 nitrogen and oxygen atoms in total. The van der Waals surface area contributed by atoms with E-state index >= 15 is 0 Å². The highest BCUT2D eigenvalue weighted by Gasteiger charge is 2.31. The lowest BCUT2D eigenvalue weighted by molar-refractivity contribution is -0.274. The molecule has 0 aliphatic heterocycles. The smallest absolute Gasteiger partial charge is 0.406 e. The molecule has 19 heavy (non-hydrogen) atoms. The van der Waals surface area contributed by atoms with E-state index in [1.165, 1.54) is 18.2 Å². The molecule has 0 fully saturated rings. The van der Waals surface area contributed by atoms with Crippen LogP contribution >= 0.6 is 0 Å². The lowest BCUT2D eigenvalue weighted by Crippen LogP contribution is -2.22. The Labute approximate surface area is 110 Å². The molecule has 0 spiro atoms. The molecule has 1 aromatic rings. The van der Waals surface area contributed by atoms with Gasteiger partial charge in [-0.25, -0.2) is 0 Å². The van der Waals surface area contributed by atoms with Gasteiger partial charge < -0.3 is 15.6 Å². The zero-order valence-corrected chi connectivity index (χ0v) is 10.7. The maximum absolute atomic E-state index is 12.1. The van der Waals surface area contributed by atoms with Gasteiger partial charge in [-0.05, 0) is 30.7 Å². The molecule has 0 radical (unpaired) electrons. The van der Waals surface area contributed by atoms with E-state index in [9.17, 15) is 18.3 Å². The summed E-state index contributed by atoms with van der Waals surface area (Å²) < 4.78 is 40.2. The normalized spacial score (nSPS) is 15.1. The molecule has 1 rings (SSSR count). The van der Waals surface area contributed by atoms with Gasteiger partial charge in [0.05, 0.1) is 6.10 Å². The number of aliphatic hydroxyl groups excluding tert-OH is 1. The number of alkyl halides is 3. The van der Waals surface area contributed by atoms with Crippen molar-refractivity contribution in [3.8, 4) is 5.75 Å². The third kappa shape index (κ3) is 5.08. The Hall–Kier alpha value is -1.27. The first-order valence-corrected chi connectivity index (χ1v) is 6.11. The second-order valence-corrected chi connectivity index (χ2v) is 4.35. The Kier molecular flexibility index (Phi) is 5.62. The predicted molar refractivity (Wildman–Crippen MR) is 65.5 cm³/mol. The maximum Gasteiger partial charge on any atom is 0.573 e. The summed E-state index contributed by atoms with van der Waals surface area (Å²) in [5.41, 5.74) is 5.95. The van der Waals surface area contributed by atoms with Gasteiger partial charge in [0.1, 0.15) is 5.75 Å². The molecule has 6 heteroatoms. The van der Waals surface area contributed by atoms with Gasteiger partial charge in [-0.3, -0.25) is 0 Å². The topological polar surface area (TPSA) is 55.5 Å². The first-order chi connectivity index (χ1) is 8.87. The summed E-state index contributed by atoms with van der Waals surface area (Å²) in [4.78, 5) is 0. The lowest BCUT2D eigenvalue weighted by Gasteiger charge is -2.21. The number of benzene rings is 1. The van der Waals surface area contributed by atoms with Gasteiger partial charge in [0.2, 0.25) is 0 Å². The molecule has 0 saturated carbocycles. The number of hydrogen-bond acceptors (Lipinski definition) is 3. The quantitative estimate of drug-likeness (QED) is 0.840.